The largest absolute Gasteiger partial charge is 0.486 e. The normalized spacial score (nSPS) is 16.2. The van der Waals surface area contributed by atoms with Crippen LogP contribution < -0.4 is 10.1 Å². The average Bonchev–Trinajstić information content (AvgIpc) is 3.15. The maximum atomic E-state index is 12.3. The number of anilines is 1. The Bertz CT molecular complexity index is 766. The summed E-state index contributed by atoms with van der Waals surface area (Å²) in [5.74, 6) is -0.438. The van der Waals surface area contributed by atoms with Crippen LogP contribution in [0.5, 0.6) is 5.75 Å². The molecule has 3 rings (SSSR count). The Morgan fingerprint density at radius 1 is 1.15 bits per heavy atom. The van der Waals surface area contributed by atoms with Crippen molar-refractivity contribution >= 4 is 17.6 Å². The first-order chi connectivity index (χ1) is 12.6. The summed E-state index contributed by atoms with van der Waals surface area (Å²) in [5, 5.41) is 11.8. The molecule has 0 saturated carbocycles. The smallest absolute Gasteiger partial charge is 0.335 e. The SMILES string of the molecule is O=C(CCc1ccc(C(=O)O)cc1)Nc1ccccc1OC1CCOC1. The number of aryl methyl sites for hydroxylation is 1. The van der Waals surface area contributed by atoms with Crippen LogP contribution in [0.4, 0.5) is 5.69 Å². The molecule has 136 valence electrons. The molecule has 1 atom stereocenters. The molecule has 0 aromatic heterocycles. The number of hydrogen-bond donors (Lipinski definition) is 2. The van der Waals surface area contributed by atoms with E-state index in [1.165, 1.54) is 0 Å². The molecular formula is C20H21NO5. The van der Waals surface area contributed by atoms with E-state index in [4.69, 9.17) is 14.6 Å². The molecule has 0 aliphatic carbocycles. The molecule has 1 fully saturated rings. The fourth-order valence-corrected chi connectivity index (χ4v) is 2.74. The minimum absolute atomic E-state index is 0.0146. The number of carbonyl (C=O) groups is 2. The van der Waals surface area contributed by atoms with Gasteiger partial charge < -0.3 is 19.9 Å². The Balaban J connectivity index is 1.55. The van der Waals surface area contributed by atoms with Crippen LogP contribution in [0, 0.1) is 0 Å². The lowest BCUT2D eigenvalue weighted by Gasteiger charge is -2.16. The molecular weight excluding hydrogens is 334 g/mol. The maximum absolute atomic E-state index is 12.3. The number of aromatic carboxylic acids is 1. The van der Waals surface area contributed by atoms with Crippen molar-refractivity contribution in [1.29, 1.82) is 0 Å². The Kier molecular flexibility index (Phi) is 5.86. The number of nitrogens with one attached hydrogen (secondary N) is 1. The van der Waals surface area contributed by atoms with Crippen LogP contribution in [0.2, 0.25) is 0 Å². The zero-order valence-electron chi connectivity index (χ0n) is 14.3. The van der Waals surface area contributed by atoms with Crippen molar-refractivity contribution in [2.24, 2.45) is 0 Å². The molecule has 2 aromatic rings. The first-order valence-electron chi connectivity index (χ1n) is 8.57. The van der Waals surface area contributed by atoms with E-state index < -0.39 is 5.97 Å². The van der Waals surface area contributed by atoms with Gasteiger partial charge in [-0.1, -0.05) is 24.3 Å². The van der Waals surface area contributed by atoms with Crippen molar-refractivity contribution in [3.8, 4) is 5.75 Å². The number of rotatable bonds is 7. The number of ether oxygens (including phenoxy) is 2. The topological polar surface area (TPSA) is 84.9 Å². The van der Waals surface area contributed by atoms with Crippen LogP contribution in [0.3, 0.4) is 0 Å². The Hall–Kier alpha value is -2.86. The Morgan fingerprint density at radius 2 is 1.92 bits per heavy atom. The molecule has 0 radical (unpaired) electrons. The third kappa shape index (κ3) is 4.83. The summed E-state index contributed by atoms with van der Waals surface area (Å²) in [6.07, 6.45) is 1.69. The summed E-state index contributed by atoms with van der Waals surface area (Å²) >= 11 is 0. The zero-order chi connectivity index (χ0) is 18.4. The van der Waals surface area contributed by atoms with Gasteiger partial charge in [0.25, 0.3) is 0 Å². The number of hydrogen-bond acceptors (Lipinski definition) is 4. The van der Waals surface area contributed by atoms with Gasteiger partial charge in [0.15, 0.2) is 0 Å². The predicted molar refractivity (Wildman–Crippen MR) is 96.6 cm³/mol. The highest BCUT2D eigenvalue weighted by Gasteiger charge is 2.19. The van der Waals surface area contributed by atoms with Crippen molar-refractivity contribution < 1.29 is 24.2 Å². The van der Waals surface area contributed by atoms with E-state index in [-0.39, 0.29) is 17.6 Å². The average molecular weight is 355 g/mol. The van der Waals surface area contributed by atoms with Crippen LogP contribution in [-0.2, 0) is 16.0 Å². The van der Waals surface area contributed by atoms with E-state index in [2.05, 4.69) is 5.32 Å². The molecule has 6 heteroatoms. The highest BCUT2D eigenvalue weighted by Crippen LogP contribution is 2.26. The van der Waals surface area contributed by atoms with E-state index in [1.54, 1.807) is 24.3 Å². The van der Waals surface area contributed by atoms with Crippen molar-refractivity contribution in [2.45, 2.75) is 25.4 Å². The fourth-order valence-electron chi connectivity index (χ4n) is 2.74. The van der Waals surface area contributed by atoms with Gasteiger partial charge in [0.05, 0.1) is 24.5 Å². The van der Waals surface area contributed by atoms with E-state index in [0.717, 1.165) is 12.0 Å². The minimum atomic E-state index is -0.960. The minimum Gasteiger partial charge on any atom is -0.486 e. The summed E-state index contributed by atoms with van der Waals surface area (Å²) in [5.41, 5.74) is 1.79. The van der Waals surface area contributed by atoms with E-state index >= 15 is 0 Å². The first kappa shape index (κ1) is 17.9. The van der Waals surface area contributed by atoms with Gasteiger partial charge in [0.2, 0.25) is 5.91 Å². The third-order valence-electron chi connectivity index (χ3n) is 4.18. The number of para-hydroxylation sites is 2. The lowest BCUT2D eigenvalue weighted by molar-refractivity contribution is -0.116. The van der Waals surface area contributed by atoms with Crippen LogP contribution >= 0.6 is 0 Å². The van der Waals surface area contributed by atoms with Gasteiger partial charge in [-0.15, -0.1) is 0 Å². The monoisotopic (exact) mass is 355 g/mol. The van der Waals surface area contributed by atoms with Gasteiger partial charge in [-0.2, -0.15) is 0 Å². The highest BCUT2D eigenvalue weighted by molar-refractivity contribution is 5.92. The van der Waals surface area contributed by atoms with Gasteiger partial charge in [-0.25, -0.2) is 4.79 Å². The second-order valence-electron chi connectivity index (χ2n) is 6.15. The fraction of sp³-hybridized carbons (Fsp3) is 0.300. The van der Waals surface area contributed by atoms with Gasteiger partial charge in [0.1, 0.15) is 11.9 Å². The molecule has 1 aliphatic heterocycles. The molecule has 1 unspecified atom stereocenters. The summed E-state index contributed by atoms with van der Waals surface area (Å²) in [6, 6.07) is 13.9. The van der Waals surface area contributed by atoms with Gasteiger partial charge in [-0.05, 0) is 36.2 Å². The number of carbonyl (C=O) groups excluding carboxylic acids is 1. The molecule has 6 nitrogen and oxygen atoms in total. The molecule has 1 amide bonds. The summed E-state index contributed by atoms with van der Waals surface area (Å²) in [4.78, 5) is 23.1. The van der Waals surface area contributed by atoms with Crippen molar-refractivity contribution in [2.75, 3.05) is 18.5 Å². The standard InChI is InChI=1S/C20H21NO5/c22-19(10-7-14-5-8-15(9-6-14)20(23)24)21-17-3-1-2-4-18(17)26-16-11-12-25-13-16/h1-6,8-9,16H,7,10-13H2,(H,21,22)(H,23,24). The number of carboxylic acid groups (broad SMARTS) is 1. The Labute approximate surface area is 151 Å². The van der Waals surface area contributed by atoms with E-state index in [9.17, 15) is 9.59 Å². The lowest BCUT2D eigenvalue weighted by atomic mass is 10.1. The van der Waals surface area contributed by atoms with Gasteiger partial charge in [0, 0.05) is 12.8 Å². The van der Waals surface area contributed by atoms with Crippen LogP contribution in [0.25, 0.3) is 0 Å². The van der Waals surface area contributed by atoms with Crippen LogP contribution in [0.15, 0.2) is 48.5 Å². The van der Waals surface area contributed by atoms with Crippen molar-refractivity contribution in [1.82, 2.24) is 0 Å². The van der Waals surface area contributed by atoms with E-state index in [0.29, 0.717) is 37.5 Å². The van der Waals surface area contributed by atoms with Gasteiger partial charge in [-0.3, -0.25) is 4.79 Å². The van der Waals surface area contributed by atoms with Crippen LogP contribution in [-0.4, -0.2) is 36.3 Å². The molecule has 2 N–H and O–H groups in total. The van der Waals surface area contributed by atoms with Crippen molar-refractivity contribution in [3.63, 3.8) is 0 Å². The number of amides is 1. The summed E-state index contributed by atoms with van der Waals surface area (Å²) < 4.78 is 11.2. The van der Waals surface area contributed by atoms with Crippen molar-refractivity contribution in [3.05, 3.63) is 59.7 Å². The number of carboxylic acids is 1. The molecule has 1 saturated heterocycles. The second-order valence-corrected chi connectivity index (χ2v) is 6.15. The highest BCUT2D eigenvalue weighted by atomic mass is 16.5. The van der Waals surface area contributed by atoms with Gasteiger partial charge >= 0.3 is 5.97 Å². The summed E-state index contributed by atoms with van der Waals surface area (Å²) in [7, 11) is 0. The number of benzene rings is 2. The third-order valence-corrected chi connectivity index (χ3v) is 4.18. The zero-order valence-corrected chi connectivity index (χ0v) is 14.3. The molecule has 0 spiro atoms. The molecule has 2 aromatic carbocycles. The second kappa shape index (κ2) is 8.49. The quantitative estimate of drug-likeness (QED) is 0.797. The van der Waals surface area contributed by atoms with Crippen LogP contribution in [0.1, 0.15) is 28.8 Å². The molecule has 0 bridgehead atoms. The lowest BCUT2D eigenvalue weighted by Crippen LogP contribution is -2.18. The molecule has 1 aliphatic rings. The van der Waals surface area contributed by atoms with E-state index in [1.807, 2.05) is 24.3 Å². The summed E-state index contributed by atoms with van der Waals surface area (Å²) in [6.45, 7) is 1.26. The molecule has 1 heterocycles. The Morgan fingerprint density at radius 3 is 2.62 bits per heavy atom. The maximum Gasteiger partial charge on any atom is 0.335 e. The molecule has 26 heavy (non-hydrogen) atoms. The first-order valence-corrected chi connectivity index (χ1v) is 8.57. The predicted octanol–water partition coefficient (Wildman–Crippen LogP) is 3.12.